The van der Waals surface area contributed by atoms with E-state index < -0.39 is 23.9 Å². The summed E-state index contributed by atoms with van der Waals surface area (Å²) in [6, 6.07) is 0. The van der Waals surface area contributed by atoms with Gasteiger partial charge in [-0.3, -0.25) is 0 Å². The van der Waals surface area contributed by atoms with E-state index in [9.17, 15) is 13.6 Å². The Balaban J connectivity index is 2.61. The fourth-order valence-corrected chi connectivity index (χ4v) is 1.98. The molecule has 18 heavy (non-hydrogen) atoms. The van der Waals surface area contributed by atoms with Crippen molar-refractivity contribution >= 4 is 6.09 Å². The monoisotopic (exact) mass is 265 g/mol. The van der Waals surface area contributed by atoms with E-state index in [1.54, 1.807) is 27.7 Å². The number of halogens is 2. The third-order valence-electron chi connectivity index (χ3n) is 2.95. The average Bonchev–Trinajstić information content (AvgIpc) is 2.59. The minimum absolute atomic E-state index is 0.156. The fourth-order valence-electron chi connectivity index (χ4n) is 1.98. The molecule has 0 radical (unpaired) electrons. The van der Waals surface area contributed by atoms with Crippen LogP contribution in [0.5, 0.6) is 0 Å². The lowest BCUT2D eigenvalue weighted by Gasteiger charge is -2.29. The van der Waals surface area contributed by atoms with Crippen LogP contribution in [0.15, 0.2) is 0 Å². The molecular formula is C12H21F2NO3. The highest BCUT2D eigenvalue weighted by molar-refractivity contribution is 5.68. The molecule has 4 nitrogen and oxygen atoms in total. The van der Waals surface area contributed by atoms with Crippen LogP contribution in [0.1, 0.15) is 40.5 Å². The van der Waals surface area contributed by atoms with E-state index in [1.807, 2.05) is 0 Å². The normalized spacial score (nSPS) is 24.7. The van der Waals surface area contributed by atoms with Crippen LogP contribution in [0.2, 0.25) is 0 Å². The van der Waals surface area contributed by atoms with E-state index in [-0.39, 0.29) is 6.54 Å². The zero-order valence-corrected chi connectivity index (χ0v) is 11.3. The molecule has 1 aliphatic rings. The number of ether oxygens (including phenoxy) is 2. The highest BCUT2D eigenvalue weighted by atomic mass is 19.3. The molecule has 1 unspecified atom stereocenters. The molecule has 0 bridgehead atoms. The van der Waals surface area contributed by atoms with Crippen molar-refractivity contribution in [1.29, 1.82) is 0 Å². The number of hydrogen-bond acceptors (Lipinski definition) is 3. The van der Waals surface area contributed by atoms with Gasteiger partial charge in [-0.1, -0.05) is 6.92 Å². The van der Waals surface area contributed by atoms with E-state index in [4.69, 9.17) is 4.74 Å². The SMILES string of the molecule is CCC1(OC(F)F)CCN(C(=O)OC(C)(C)C)C1. The Hall–Kier alpha value is -0.910. The van der Waals surface area contributed by atoms with Crippen molar-refractivity contribution in [2.24, 2.45) is 0 Å². The predicted molar refractivity (Wildman–Crippen MR) is 62.5 cm³/mol. The summed E-state index contributed by atoms with van der Waals surface area (Å²) in [7, 11) is 0. The van der Waals surface area contributed by atoms with E-state index in [2.05, 4.69) is 4.74 Å². The molecule has 1 rings (SSSR count). The summed E-state index contributed by atoms with van der Waals surface area (Å²) < 4.78 is 34.6. The summed E-state index contributed by atoms with van der Waals surface area (Å²) in [6.45, 7) is 4.81. The second kappa shape index (κ2) is 5.38. The maximum atomic E-state index is 12.4. The summed E-state index contributed by atoms with van der Waals surface area (Å²) in [5.41, 5.74) is -1.52. The van der Waals surface area contributed by atoms with Crippen molar-refractivity contribution in [1.82, 2.24) is 4.90 Å². The van der Waals surface area contributed by atoms with Crippen LogP contribution in [-0.2, 0) is 9.47 Å². The molecule has 106 valence electrons. The molecule has 1 atom stereocenters. The van der Waals surface area contributed by atoms with Crippen LogP contribution < -0.4 is 0 Å². The van der Waals surface area contributed by atoms with Crippen LogP contribution in [0.25, 0.3) is 0 Å². The Kier molecular flexibility index (Phi) is 4.53. The van der Waals surface area contributed by atoms with Gasteiger partial charge in [0.1, 0.15) is 5.60 Å². The minimum atomic E-state index is -2.82. The molecule has 0 aromatic heterocycles. The summed E-state index contributed by atoms with van der Waals surface area (Å²) in [5.74, 6) is 0. The molecule has 1 aliphatic heterocycles. The summed E-state index contributed by atoms with van der Waals surface area (Å²) in [6.07, 6.45) is 0.375. The number of rotatable bonds is 3. The van der Waals surface area contributed by atoms with Gasteiger partial charge in [0, 0.05) is 6.54 Å². The Labute approximate surface area is 106 Å². The first-order chi connectivity index (χ1) is 8.17. The third kappa shape index (κ3) is 4.08. The van der Waals surface area contributed by atoms with Gasteiger partial charge in [0.05, 0.1) is 12.1 Å². The topological polar surface area (TPSA) is 38.8 Å². The second-order valence-corrected chi connectivity index (χ2v) is 5.57. The third-order valence-corrected chi connectivity index (χ3v) is 2.95. The van der Waals surface area contributed by atoms with Gasteiger partial charge in [-0.05, 0) is 33.6 Å². The first-order valence-electron chi connectivity index (χ1n) is 6.11. The molecule has 0 spiro atoms. The number of carbonyl (C=O) groups is 1. The van der Waals surface area contributed by atoms with Crippen molar-refractivity contribution in [3.05, 3.63) is 0 Å². The van der Waals surface area contributed by atoms with Gasteiger partial charge in [-0.15, -0.1) is 0 Å². The Morgan fingerprint density at radius 1 is 1.44 bits per heavy atom. The van der Waals surface area contributed by atoms with Crippen molar-refractivity contribution in [2.75, 3.05) is 13.1 Å². The Morgan fingerprint density at radius 3 is 2.50 bits per heavy atom. The van der Waals surface area contributed by atoms with E-state index >= 15 is 0 Å². The smallest absolute Gasteiger partial charge is 0.410 e. The zero-order valence-electron chi connectivity index (χ0n) is 11.3. The molecule has 0 N–H and O–H groups in total. The van der Waals surface area contributed by atoms with Crippen LogP contribution >= 0.6 is 0 Å². The summed E-state index contributed by atoms with van der Waals surface area (Å²) in [5, 5.41) is 0. The highest BCUT2D eigenvalue weighted by Crippen LogP contribution is 2.31. The highest BCUT2D eigenvalue weighted by Gasteiger charge is 2.42. The largest absolute Gasteiger partial charge is 0.444 e. The first kappa shape index (κ1) is 15.1. The standard InChI is InChI=1S/C12H21F2NO3/c1-5-12(17-9(13)14)6-7-15(8-12)10(16)18-11(2,3)4/h9H,5-8H2,1-4H3. The Bertz CT molecular complexity index is 304. The number of likely N-dealkylation sites (tertiary alicyclic amines) is 1. The summed E-state index contributed by atoms with van der Waals surface area (Å²) in [4.78, 5) is 13.2. The molecule has 1 fully saturated rings. The molecule has 6 heteroatoms. The summed E-state index contributed by atoms with van der Waals surface area (Å²) >= 11 is 0. The lowest BCUT2D eigenvalue weighted by molar-refractivity contribution is -0.205. The molecule has 0 aromatic carbocycles. The van der Waals surface area contributed by atoms with Crippen molar-refractivity contribution in [2.45, 2.75) is 58.4 Å². The number of nitrogens with zero attached hydrogens (tertiary/aromatic N) is 1. The van der Waals surface area contributed by atoms with Crippen molar-refractivity contribution in [3.63, 3.8) is 0 Å². The molecule has 1 saturated heterocycles. The van der Waals surface area contributed by atoms with Gasteiger partial charge in [-0.25, -0.2) is 4.79 Å². The van der Waals surface area contributed by atoms with Crippen LogP contribution in [-0.4, -0.2) is 41.9 Å². The molecule has 1 heterocycles. The number of hydrogen-bond donors (Lipinski definition) is 0. The molecule has 0 aliphatic carbocycles. The molecule has 1 amide bonds. The van der Waals surface area contributed by atoms with Gasteiger partial charge in [0.15, 0.2) is 0 Å². The Morgan fingerprint density at radius 2 is 2.06 bits per heavy atom. The first-order valence-corrected chi connectivity index (χ1v) is 6.11. The van der Waals surface area contributed by atoms with Gasteiger partial charge in [0.2, 0.25) is 0 Å². The van der Waals surface area contributed by atoms with Crippen molar-refractivity contribution < 1.29 is 23.0 Å². The fraction of sp³-hybridized carbons (Fsp3) is 0.917. The van der Waals surface area contributed by atoms with Gasteiger partial charge < -0.3 is 14.4 Å². The van der Waals surface area contributed by atoms with E-state index in [0.29, 0.717) is 19.4 Å². The van der Waals surface area contributed by atoms with Crippen LogP contribution in [0.4, 0.5) is 13.6 Å². The number of carbonyl (C=O) groups excluding carboxylic acids is 1. The number of alkyl halides is 2. The maximum absolute atomic E-state index is 12.4. The van der Waals surface area contributed by atoms with Crippen molar-refractivity contribution in [3.8, 4) is 0 Å². The van der Waals surface area contributed by atoms with E-state index in [1.165, 1.54) is 4.90 Å². The lowest BCUT2D eigenvalue weighted by atomic mass is 10.00. The van der Waals surface area contributed by atoms with Gasteiger partial charge in [0.25, 0.3) is 0 Å². The maximum Gasteiger partial charge on any atom is 0.410 e. The molecular weight excluding hydrogens is 244 g/mol. The minimum Gasteiger partial charge on any atom is -0.444 e. The lowest BCUT2D eigenvalue weighted by Crippen LogP contribution is -2.41. The van der Waals surface area contributed by atoms with Gasteiger partial charge >= 0.3 is 12.7 Å². The van der Waals surface area contributed by atoms with E-state index in [0.717, 1.165) is 0 Å². The quantitative estimate of drug-likeness (QED) is 0.787. The molecule has 0 saturated carbocycles. The van der Waals surface area contributed by atoms with Gasteiger partial charge in [-0.2, -0.15) is 8.78 Å². The zero-order chi connectivity index (χ0) is 14.0. The van der Waals surface area contributed by atoms with Crippen LogP contribution in [0, 0.1) is 0 Å². The second-order valence-electron chi connectivity index (χ2n) is 5.57. The average molecular weight is 265 g/mol. The number of amides is 1. The molecule has 0 aromatic rings. The van der Waals surface area contributed by atoms with Crippen LogP contribution in [0.3, 0.4) is 0 Å². The predicted octanol–water partition coefficient (Wildman–Crippen LogP) is 3.02.